The SMILES string of the molecule is Cc1cc(C)cc(NC(=O)c2ccc(C3Nc4ccccc4S(=O)(=O)N3)cc2)c1. The summed E-state index contributed by atoms with van der Waals surface area (Å²) < 4.78 is 27.6. The molecule has 0 saturated carbocycles. The van der Waals surface area contributed by atoms with Crippen molar-refractivity contribution in [1.82, 2.24) is 4.72 Å². The van der Waals surface area contributed by atoms with Gasteiger partial charge in [-0.15, -0.1) is 0 Å². The third-order valence-corrected chi connectivity index (χ3v) is 6.22. The lowest BCUT2D eigenvalue weighted by Crippen LogP contribution is -2.38. The van der Waals surface area contributed by atoms with Gasteiger partial charge in [-0.2, -0.15) is 4.72 Å². The van der Waals surface area contributed by atoms with Gasteiger partial charge in [0.1, 0.15) is 11.1 Å². The molecule has 6 nitrogen and oxygen atoms in total. The minimum Gasteiger partial charge on any atom is -0.364 e. The monoisotopic (exact) mass is 407 g/mol. The van der Waals surface area contributed by atoms with Crippen LogP contribution in [-0.2, 0) is 10.0 Å². The van der Waals surface area contributed by atoms with Crippen LogP contribution in [0, 0.1) is 13.8 Å². The Kier molecular flexibility index (Phi) is 4.86. The molecule has 0 fully saturated rings. The summed E-state index contributed by atoms with van der Waals surface area (Å²) in [5.41, 5.74) is 4.65. The maximum absolute atomic E-state index is 12.6. The fraction of sp³-hybridized carbons (Fsp3) is 0.136. The maximum Gasteiger partial charge on any atom is 0.255 e. The first kappa shape index (κ1) is 19.2. The van der Waals surface area contributed by atoms with E-state index in [0.29, 0.717) is 16.8 Å². The molecule has 0 bridgehead atoms. The average molecular weight is 407 g/mol. The van der Waals surface area contributed by atoms with E-state index in [1.54, 1.807) is 48.5 Å². The Morgan fingerprint density at radius 1 is 0.931 bits per heavy atom. The second-order valence-corrected chi connectivity index (χ2v) is 8.83. The lowest BCUT2D eigenvalue weighted by Gasteiger charge is -2.28. The van der Waals surface area contributed by atoms with E-state index >= 15 is 0 Å². The van der Waals surface area contributed by atoms with Gasteiger partial charge in [0.2, 0.25) is 10.0 Å². The van der Waals surface area contributed by atoms with Crippen LogP contribution >= 0.6 is 0 Å². The number of sulfonamides is 1. The van der Waals surface area contributed by atoms with Crippen LogP contribution in [0.15, 0.2) is 71.6 Å². The molecule has 7 heteroatoms. The number of amides is 1. The van der Waals surface area contributed by atoms with E-state index in [4.69, 9.17) is 0 Å². The number of carbonyl (C=O) groups excluding carboxylic acids is 1. The maximum atomic E-state index is 12.6. The van der Waals surface area contributed by atoms with Gasteiger partial charge in [0.05, 0.1) is 5.69 Å². The van der Waals surface area contributed by atoms with Crippen molar-refractivity contribution in [2.24, 2.45) is 0 Å². The molecular weight excluding hydrogens is 386 g/mol. The van der Waals surface area contributed by atoms with Crippen LogP contribution in [0.4, 0.5) is 11.4 Å². The first-order valence-corrected chi connectivity index (χ1v) is 10.7. The van der Waals surface area contributed by atoms with Gasteiger partial charge < -0.3 is 10.6 Å². The molecule has 1 heterocycles. The van der Waals surface area contributed by atoms with E-state index in [0.717, 1.165) is 16.8 Å². The summed E-state index contributed by atoms with van der Waals surface area (Å²) in [7, 11) is -3.61. The number of carbonyl (C=O) groups is 1. The zero-order valence-electron chi connectivity index (χ0n) is 16.1. The second-order valence-electron chi connectivity index (χ2n) is 7.15. The molecule has 0 radical (unpaired) electrons. The second kappa shape index (κ2) is 7.35. The Morgan fingerprint density at radius 3 is 2.28 bits per heavy atom. The standard InChI is InChI=1S/C22H21N3O3S/c1-14-11-15(2)13-18(12-14)23-22(26)17-9-7-16(8-10-17)21-24-19-5-3-4-6-20(19)29(27,28)25-21/h3-13,21,24-25H,1-2H3,(H,23,26). The minimum absolute atomic E-state index is 0.218. The van der Waals surface area contributed by atoms with Gasteiger partial charge in [0, 0.05) is 11.3 Å². The van der Waals surface area contributed by atoms with Crippen molar-refractivity contribution in [2.45, 2.75) is 24.9 Å². The predicted octanol–water partition coefficient (Wildman–Crippen LogP) is 3.96. The van der Waals surface area contributed by atoms with Gasteiger partial charge in [0.15, 0.2) is 0 Å². The van der Waals surface area contributed by atoms with Crippen LogP contribution in [0.5, 0.6) is 0 Å². The highest BCUT2D eigenvalue weighted by Gasteiger charge is 2.29. The minimum atomic E-state index is -3.61. The number of benzene rings is 3. The Balaban J connectivity index is 1.53. The number of nitrogens with one attached hydrogen (secondary N) is 3. The number of rotatable bonds is 3. The molecule has 29 heavy (non-hydrogen) atoms. The predicted molar refractivity (Wildman–Crippen MR) is 113 cm³/mol. The molecule has 1 atom stereocenters. The van der Waals surface area contributed by atoms with Gasteiger partial charge in [-0.25, -0.2) is 8.42 Å². The van der Waals surface area contributed by atoms with Crippen molar-refractivity contribution in [2.75, 3.05) is 10.6 Å². The molecule has 0 saturated heterocycles. The highest BCUT2D eigenvalue weighted by Crippen LogP contribution is 2.30. The molecule has 1 unspecified atom stereocenters. The van der Waals surface area contributed by atoms with Gasteiger partial charge in [-0.05, 0) is 66.9 Å². The molecule has 1 aliphatic heterocycles. The first-order chi connectivity index (χ1) is 13.8. The van der Waals surface area contributed by atoms with Gasteiger partial charge >= 0.3 is 0 Å². The fourth-order valence-electron chi connectivity index (χ4n) is 3.45. The van der Waals surface area contributed by atoms with Gasteiger partial charge in [-0.3, -0.25) is 4.79 Å². The summed E-state index contributed by atoms with van der Waals surface area (Å²) in [5, 5.41) is 6.08. The average Bonchev–Trinajstić information content (AvgIpc) is 2.67. The Labute approximate surface area is 170 Å². The first-order valence-electron chi connectivity index (χ1n) is 9.19. The summed E-state index contributed by atoms with van der Waals surface area (Å²) in [6.45, 7) is 3.96. The van der Waals surface area contributed by atoms with Crippen LogP contribution in [0.2, 0.25) is 0 Å². The van der Waals surface area contributed by atoms with E-state index in [1.165, 1.54) is 0 Å². The third kappa shape index (κ3) is 4.01. The van der Waals surface area contributed by atoms with Crippen molar-refractivity contribution in [3.05, 3.63) is 89.0 Å². The van der Waals surface area contributed by atoms with Crippen LogP contribution in [0.1, 0.15) is 33.2 Å². The van der Waals surface area contributed by atoms with E-state index in [1.807, 2.05) is 32.0 Å². The molecule has 0 aromatic heterocycles. The van der Waals surface area contributed by atoms with Crippen LogP contribution in [-0.4, -0.2) is 14.3 Å². The van der Waals surface area contributed by atoms with Crippen molar-refractivity contribution in [1.29, 1.82) is 0 Å². The lowest BCUT2D eigenvalue weighted by atomic mass is 10.1. The molecule has 1 amide bonds. The number of hydrogen-bond donors (Lipinski definition) is 3. The largest absolute Gasteiger partial charge is 0.364 e. The smallest absolute Gasteiger partial charge is 0.255 e. The van der Waals surface area contributed by atoms with Crippen molar-refractivity contribution in [3.8, 4) is 0 Å². The van der Waals surface area contributed by atoms with Gasteiger partial charge in [0.25, 0.3) is 5.91 Å². The van der Waals surface area contributed by atoms with Crippen LogP contribution in [0.3, 0.4) is 0 Å². The summed E-state index contributed by atoms with van der Waals surface area (Å²) in [6, 6.07) is 19.5. The summed E-state index contributed by atoms with van der Waals surface area (Å²) in [6.07, 6.45) is -0.605. The highest BCUT2D eigenvalue weighted by molar-refractivity contribution is 7.89. The van der Waals surface area contributed by atoms with E-state index in [2.05, 4.69) is 15.4 Å². The number of anilines is 2. The Morgan fingerprint density at radius 2 is 1.59 bits per heavy atom. The molecule has 3 N–H and O–H groups in total. The fourth-order valence-corrected chi connectivity index (χ4v) is 4.76. The van der Waals surface area contributed by atoms with Crippen LogP contribution in [0.25, 0.3) is 0 Å². The molecule has 1 aliphatic rings. The molecule has 3 aromatic rings. The quantitative estimate of drug-likeness (QED) is 0.613. The van der Waals surface area contributed by atoms with Gasteiger partial charge in [-0.1, -0.05) is 30.3 Å². The van der Waals surface area contributed by atoms with E-state index < -0.39 is 16.2 Å². The third-order valence-electron chi connectivity index (χ3n) is 4.74. The number of aryl methyl sites for hydroxylation is 2. The molecular formula is C22H21N3O3S. The number of para-hydroxylation sites is 1. The van der Waals surface area contributed by atoms with Crippen molar-refractivity contribution >= 4 is 27.3 Å². The molecule has 3 aromatic carbocycles. The normalized spacial score (nSPS) is 17.1. The molecule has 0 spiro atoms. The highest BCUT2D eigenvalue weighted by atomic mass is 32.2. The summed E-state index contributed by atoms with van der Waals surface area (Å²) >= 11 is 0. The van der Waals surface area contributed by atoms with Crippen molar-refractivity contribution in [3.63, 3.8) is 0 Å². The number of fused-ring (bicyclic) bond motifs is 1. The topological polar surface area (TPSA) is 87.3 Å². The number of hydrogen-bond acceptors (Lipinski definition) is 4. The Hall–Kier alpha value is -3.16. The van der Waals surface area contributed by atoms with E-state index in [9.17, 15) is 13.2 Å². The summed E-state index contributed by atoms with van der Waals surface area (Å²) in [5.74, 6) is -0.218. The molecule has 4 rings (SSSR count). The van der Waals surface area contributed by atoms with Crippen molar-refractivity contribution < 1.29 is 13.2 Å². The Bertz CT molecular complexity index is 1170. The molecule has 148 valence electrons. The van der Waals surface area contributed by atoms with Crippen LogP contribution < -0.4 is 15.4 Å². The zero-order chi connectivity index (χ0) is 20.6. The lowest BCUT2D eigenvalue weighted by molar-refractivity contribution is 0.102. The summed E-state index contributed by atoms with van der Waals surface area (Å²) in [4.78, 5) is 12.8. The van der Waals surface area contributed by atoms with E-state index in [-0.39, 0.29) is 10.8 Å². The molecule has 0 aliphatic carbocycles. The zero-order valence-corrected chi connectivity index (χ0v) is 16.9.